The fraction of sp³-hybridized carbons (Fsp3) is 0.375. The lowest BCUT2D eigenvalue weighted by atomic mass is 9.76. The Hall–Kier alpha value is -2.95. The first-order chi connectivity index (χ1) is 13.8. The van der Waals surface area contributed by atoms with Gasteiger partial charge < -0.3 is 20.5 Å². The largest absolute Gasteiger partial charge is 0.504 e. The zero-order valence-electron chi connectivity index (χ0n) is 17.3. The highest BCUT2D eigenvalue weighted by atomic mass is 16.5. The molecule has 5 heteroatoms. The molecule has 0 saturated heterocycles. The number of aromatic hydroxyl groups is 1. The van der Waals surface area contributed by atoms with Gasteiger partial charge in [0.25, 0.3) is 5.91 Å². The molecule has 2 aromatic carbocycles. The average molecular weight is 392 g/mol. The van der Waals surface area contributed by atoms with Crippen molar-refractivity contribution in [2.24, 2.45) is 5.92 Å². The number of benzene rings is 2. The van der Waals surface area contributed by atoms with Crippen molar-refractivity contribution in [3.05, 3.63) is 65.2 Å². The van der Waals surface area contributed by atoms with Crippen LogP contribution in [0.1, 0.15) is 60.6 Å². The molecule has 0 saturated carbocycles. The molecule has 0 bridgehead atoms. The van der Waals surface area contributed by atoms with Gasteiger partial charge in [-0.25, -0.2) is 0 Å². The topological polar surface area (TPSA) is 70.6 Å². The Bertz CT molecular complexity index is 975. The summed E-state index contributed by atoms with van der Waals surface area (Å²) in [7, 11) is 1.55. The molecule has 0 fully saturated rings. The highest BCUT2D eigenvalue weighted by Gasteiger charge is 2.40. The van der Waals surface area contributed by atoms with Crippen LogP contribution in [0.5, 0.6) is 11.5 Å². The molecule has 1 amide bonds. The van der Waals surface area contributed by atoms with Gasteiger partial charge in [-0.05, 0) is 50.8 Å². The molecule has 1 heterocycles. The van der Waals surface area contributed by atoms with Crippen molar-refractivity contribution in [1.29, 1.82) is 0 Å². The Morgan fingerprint density at radius 2 is 1.90 bits per heavy atom. The third-order valence-corrected chi connectivity index (χ3v) is 5.72. The SMILES string of the molecule is COc1cccc(C2Nc3c(C(=O)NC(C)(C)C)cccc3C3C=CCC32)c1O. The molecule has 3 unspecified atom stereocenters. The monoisotopic (exact) mass is 392 g/mol. The minimum Gasteiger partial charge on any atom is -0.504 e. The number of hydrogen-bond donors (Lipinski definition) is 3. The number of methoxy groups -OCH3 is 1. The van der Waals surface area contributed by atoms with Crippen LogP contribution in [0.4, 0.5) is 5.69 Å². The van der Waals surface area contributed by atoms with Gasteiger partial charge in [0.1, 0.15) is 0 Å². The number of ether oxygens (including phenoxy) is 1. The zero-order valence-corrected chi connectivity index (χ0v) is 17.3. The van der Waals surface area contributed by atoms with Gasteiger partial charge in [-0.2, -0.15) is 0 Å². The first-order valence-electron chi connectivity index (χ1n) is 10.0. The molecule has 2 aliphatic rings. The van der Waals surface area contributed by atoms with Crippen molar-refractivity contribution in [2.75, 3.05) is 12.4 Å². The number of nitrogens with one attached hydrogen (secondary N) is 2. The molecule has 0 aromatic heterocycles. The van der Waals surface area contributed by atoms with Gasteiger partial charge >= 0.3 is 0 Å². The second-order valence-corrected chi connectivity index (χ2v) is 8.85. The van der Waals surface area contributed by atoms with Crippen molar-refractivity contribution >= 4 is 11.6 Å². The summed E-state index contributed by atoms with van der Waals surface area (Å²) in [4.78, 5) is 13.0. The van der Waals surface area contributed by atoms with E-state index in [-0.39, 0.29) is 35.1 Å². The standard InChI is InChI=1S/C24H28N2O3/c1-24(2,3)26-23(28)18-12-6-10-16-14-8-5-9-15(14)20(25-21(16)18)17-11-7-13-19(29-4)22(17)27/h5-8,10-15,20,25,27H,9H2,1-4H3,(H,26,28). The van der Waals surface area contributed by atoms with Crippen LogP contribution in [0, 0.1) is 5.92 Å². The summed E-state index contributed by atoms with van der Waals surface area (Å²) in [6.07, 6.45) is 5.33. The lowest BCUT2D eigenvalue weighted by Gasteiger charge is -2.38. The van der Waals surface area contributed by atoms with Gasteiger partial charge in [0.15, 0.2) is 11.5 Å². The third kappa shape index (κ3) is 3.46. The number of carbonyl (C=O) groups is 1. The molecule has 152 valence electrons. The van der Waals surface area contributed by atoms with Gasteiger partial charge in [-0.3, -0.25) is 4.79 Å². The minimum atomic E-state index is -0.325. The summed E-state index contributed by atoms with van der Waals surface area (Å²) in [5.41, 5.74) is 3.07. The molecule has 1 aliphatic heterocycles. The van der Waals surface area contributed by atoms with Crippen LogP contribution in [0.3, 0.4) is 0 Å². The van der Waals surface area contributed by atoms with Crippen molar-refractivity contribution in [3.63, 3.8) is 0 Å². The van der Waals surface area contributed by atoms with Crippen molar-refractivity contribution in [3.8, 4) is 11.5 Å². The number of carbonyl (C=O) groups excluding carboxylic acids is 1. The second-order valence-electron chi connectivity index (χ2n) is 8.85. The van der Waals surface area contributed by atoms with E-state index in [0.717, 1.165) is 23.2 Å². The summed E-state index contributed by atoms with van der Waals surface area (Å²) in [6, 6.07) is 11.3. The fourth-order valence-electron chi connectivity index (χ4n) is 4.48. The molecule has 2 aromatic rings. The van der Waals surface area contributed by atoms with E-state index >= 15 is 0 Å². The molecule has 0 radical (unpaired) electrons. The number of phenols is 1. The van der Waals surface area contributed by atoms with E-state index in [2.05, 4.69) is 28.9 Å². The number of phenolic OH excluding ortho intramolecular Hbond substituents is 1. The number of allylic oxidation sites excluding steroid dienone is 2. The molecular formula is C24H28N2O3. The molecule has 4 rings (SSSR count). The number of fused-ring (bicyclic) bond motifs is 3. The summed E-state index contributed by atoms with van der Waals surface area (Å²) in [6.45, 7) is 5.92. The summed E-state index contributed by atoms with van der Waals surface area (Å²) in [5.74, 6) is 0.969. The molecule has 0 spiro atoms. The second kappa shape index (κ2) is 7.14. The quantitative estimate of drug-likeness (QED) is 0.659. The van der Waals surface area contributed by atoms with Gasteiger partial charge in [-0.1, -0.05) is 36.4 Å². The normalized spacial score (nSPS) is 22.4. The predicted octanol–water partition coefficient (Wildman–Crippen LogP) is 4.76. The fourth-order valence-corrected chi connectivity index (χ4v) is 4.48. The maximum absolute atomic E-state index is 13.0. The molecule has 5 nitrogen and oxygen atoms in total. The highest BCUT2D eigenvalue weighted by molar-refractivity contribution is 6.01. The maximum Gasteiger partial charge on any atom is 0.253 e. The van der Waals surface area contributed by atoms with Gasteiger partial charge in [0, 0.05) is 17.0 Å². The van der Waals surface area contributed by atoms with E-state index in [9.17, 15) is 9.90 Å². The van der Waals surface area contributed by atoms with Crippen LogP contribution < -0.4 is 15.4 Å². The van der Waals surface area contributed by atoms with E-state index in [1.165, 1.54) is 0 Å². The minimum absolute atomic E-state index is 0.101. The van der Waals surface area contributed by atoms with Gasteiger partial charge in [0.05, 0.1) is 24.4 Å². The number of rotatable bonds is 3. The van der Waals surface area contributed by atoms with Crippen LogP contribution in [0.2, 0.25) is 0 Å². The van der Waals surface area contributed by atoms with E-state index in [0.29, 0.717) is 11.3 Å². The zero-order chi connectivity index (χ0) is 20.8. The third-order valence-electron chi connectivity index (χ3n) is 5.72. The summed E-state index contributed by atoms with van der Waals surface area (Å²) >= 11 is 0. The molecule has 29 heavy (non-hydrogen) atoms. The Morgan fingerprint density at radius 1 is 1.17 bits per heavy atom. The summed E-state index contributed by atoms with van der Waals surface area (Å²) < 4.78 is 5.32. The van der Waals surface area contributed by atoms with Crippen molar-refractivity contribution in [2.45, 2.75) is 44.7 Å². The number of amides is 1. The van der Waals surface area contributed by atoms with Crippen LogP contribution in [0.25, 0.3) is 0 Å². The predicted molar refractivity (Wildman–Crippen MR) is 115 cm³/mol. The summed E-state index contributed by atoms with van der Waals surface area (Å²) in [5, 5.41) is 17.4. The maximum atomic E-state index is 13.0. The van der Waals surface area contributed by atoms with Crippen LogP contribution in [0.15, 0.2) is 48.6 Å². The van der Waals surface area contributed by atoms with Crippen molar-refractivity contribution in [1.82, 2.24) is 5.32 Å². The molecular weight excluding hydrogens is 364 g/mol. The van der Waals surface area contributed by atoms with E-state index in [4.69, 9.17) is 4.74 Å². The Balaban J connectivity index is 1.80. The number of para-hydroxylation sites is 2. The number of hydrogen-bond acceptors (Lipinski definition) is 4. The lowest BCUT2D eigenvalue weighted by molar-refractivity contribution is 0.0920. The van der Waals surface area contributed by atoms with Crippen LogP contribution >= 0.6 is 0 Å². The van der Waals surface area contributed by atoms with E-state index < -0.39 is 0 Å². The lowest BCUT2D eigenvalue weighted by Crippen LogP contribution is -2.41. The Morgan fingerprint density at radius 3 is 2.62 bits per heavy atom. The average Bonchev–Trinajstić information content (AvgIpc) is 3.16. The molecule has 3 atom stereocenters. The molecule has 3 N–H and O–H groups in total. The number of anilines is 1. The van der Waals surface area contributed by atoms with Crippen LogP contribution in [-0.4, -0.2) is 23.7 Å². The Kier molecular flexibility index (Phi) is 4.77. The van der Waals surface area contributed by atoms with Crippen LogP contribution in [-0.2, 0) is 0 Å². The van der Waals surface area contributed by atoms with Crippen molar-refractivity contribution < 1.29 is 14.6 Å². The van der Waals surface area contributed by atoms with E-state index in [1.807, 2.05) is 45.0 Å². The highest BCUT2D eigenvalue weighted by Crippen LogP contribution is 2.52. The smallest absolute Gasteiger partial charge is 0.253 e. The van der Waals surface area contributed by atoms with Gasteiger partial charge in [0.2, 0.25) is 0 Å². The molecule has 1 aliphatic carbocycles. The first-order valence-corrected chi connectivity index (χ1v) is 10.0. The van der Waals surface area contributed by atoms with Gasteiger partial charge in [-0.15, -0.1) is 0 Å². The first kappa shape index (κ1) is 19.4. The van der Waals surface area contributed by atoms with E-state index in [1.54, 1.807) is 13.2 Å². The Labute approximate surface area is 171 Å².